The van der Waals surface area contributed by atoms with E-state index in [4.69, 9.17) is 4.43 Å². The predicted octanol–water partition coefficient (Wildman–Crippen LogP) is 5.81. The number of rotatable bonds is 5. The molecule has 2 aromatic rings. The van der Waals surface area contributed by atoms with Crippen molar-refractivity contribution >= 4 is 25.4 Å². The largest absolute Gasteiger partial charge is 0.412 e. The van der Waals surface area contributed by atoms with E-state index >= 15 is 0 Å². The number of non-ortho nitro benzene ring substituents is 1. The summed E-state index contributed by atoms with van der Waals surface area (Å²) in [4.78, 5) is 12.8. The predicted molar refractivity (Wildman–Crippen MR) is 112 cm³/mol. The van der Waals surface area contributed by atoms with Gasteiger partial charge in [0.15, 0.2) is 8.32 Å². The lowest BCUT2D eigenvalue weighted by molar-refractivity contribution is -0.384. The first kappa shape index (κ1) is 19.6. The zero-order valence-electron chi connectivity index (χ0n) is 16.8. The standard InChI is InChI=1S/C21H28N2O3Si/c1-21(2,3)27(4,5)26-15-17-8-6-7-16-13-14-22(20(16)17)18-9-11-19(12-10-18)23(24)25/h6-12H,13-15H2,1-5H3. The highest BCUT2D eigenvalue weighted by molar-refractivity contribution is 6.74. The van der Waals surface area contributed by atoms with Crippen LogP contribution < -0.4 is 4.90 Å². The molecule has 0 aromatic heterocycles. The monoisotopic (exact) mass is 384 g/mol. The number of benzene rings is 2. The van der Waals surface area contributed by atoms with Gasteiger partial charge in [-0.15, -0.1) is 0 Å². The van der Waals surface area contributed by atoms with Gasteiger partial charge in [-0.2, -0.15) is 0 Å². The van der Waals surface area contributed by atoms with Gasteiger partial charge in [0.1, 0.15) is 0 Å². The first-order chi connectivity index (χ1) is 12.6. The summed E-state index contributed by atoms with van der Waals surface area (Å²) in [7, 11) is -1.84. The van der Waals surface area contributed by atoms with Gasteiger partial charge in [0.05, 0.1) is 11.5 Å². The Balaban J connectivity index is 1.88. The van der Waals surface area contributed by atoms with Gasteiger partial charge in [-0.25, -0.2) is 0 Å². The Bertz CT molecular complexity index is 841. The SMILES string of the molecule is CC(C)(C)[Si](C)(C)OCc1cccc2c1N(c1ccc([N+](=O)[O-])cc1)CC2. The van der Waals surface area contributed by atoms with E-state index in [2.05, 4.69) is 57.0 Å². The Morgan fingerprint density at radius 1 is 1.15 bits per heavy atom. The van der Waals surface area contributed by atoms with Gasteiger partial charge in [-0.05, 0) is 42.2 Å². The highest BCUT2D eigenvalue weighted by atomic mass is 28.4. The molecule has 144 valence electrons. The van der Waals surface area contributed by atoms with Crippen LogP contribution in [0.15, 0.2) is 42.5 Å². The normalized spacial score (nSPS) is 14.3. The third-order valence-corrected chi connectivity index (χ3v) is 10.3. The van der Waals surface area contributed by atoms with E-state index in [0.29, 0.717) is 6.61 Å². The molecule has 27 heavy (non-hydrogen) atoms. The molecule has 0 N–H and O–H groups in total. The minimum Gasteiger partial charge on any atom is -0.412 e. The first-order valence-electron chi connectivity index (χ1n) is 9.37. The Hall–Kier alpha value is -2.18. The van der Waals surface area contributed by atoms with E-state index in [1.54, 1.807) is 12.1 Å². The molecular formula is C21H28N2O3Si. The van der Waals surface area contributed by atoms with Gasteiger partial charge in [0.25, 0.3) is 5.69 Å². The molecule has 0 atom stereocenters. The quantitative estimate of drug-likeness (QED) is 0.371. The lowest BCUT2D eigenvalue weighted by Crippen LogP contribution is -2.40. The Kier molecular flexibility index (Phi) is 5.14. The average molecular weight is 385 g/mol. The number of nitro benzene ring substituents is 1. The van der Waals surface area contributed by atoms with Crippen molar-refractivity contribution in [2.75, 3.05) is 11.4 Å². The molecule has 3 rings (SSSR count). The second kappa shape index (κ2) is 7.09. The zero-order valence-corrected chi connectivity index (χ0v) is 17.8. The summed E-state index contributed by atoms with van der Waals surface area (Å²) >= 11 is 0. The summed E-state index contributed by atoms with van der Waals surface area (Å²) in [6.07, 6.45) is 0.972. The van der Waals surface area contributed by atoms with E-state index in [9.17, 15) is 10.1 Å². The van der Waals surface area contributed by atoms with Gasteiger partial charge in [0, 0.05) is 35.6 Å². The molecule has 1 aliphatic heterocycles. The van der Waals surface area contributed by atoms with Crippen LogP contribution in [0.3, 0.4) is 0 Å². The van der Waals surface area contributed by atoms with Gasteiger partial charge in [-0.3, -0.25) is 10.1 Å². The number of nitro groups is 1. The second-order valence-electron chi connectivity index (χ2n) is 8.65. The van der Waals surface area contributed by atoms with Crippen molar-refractivity contribution in [3.63, 3.8) is 0 Å². The summed E-state index contributed by atoms with van der Waals surface area (Å²) in [5.41, 5.74) is 4.80. The summed E-state index contributed by atoms with van der Waals surface area (Å²) in [5, 5.41) is 11.1. The van der Waals surface area contributed by atoms with Crippen LogP contribution in [0.5, 0.6) is 0 Å². The third kappa shape index (κ3) is 3.91. The van der Waals surface area contributed by atoms with Gasteiger partial charge in [-0.1, -0.05) is 39.0 Å². The number of nitrogens with zero attached hydrogens (tertiary/aromatic N) is 2. The molecule has 1 heterocycles. The van der Waals surface area contributed by atoms with Gasteiger partial charge in [0.2, 0.25) is 0 Å². The molecule has 0 radical (unpaired) electrons. The molecule has 0 unspecified atom stereocenters. The van der Waals surface area contributed by atoms with Crippen molar-refractivity contribution in [2.45, 2.75) is 51.9 Å². The van der Waals surface area contributed by atoms with Crippen LogP contribution >= 0.6 is 0 Å². The van der Waals surface area contributed by atoms with E-state index in [0.717, 1.165) is 18.7 Å². The Labute approximate surface area is 162 Å². The molecule has 0 bridgehead atoms. The second-order valence-corrected chi connectivity index (χ2v) is 13.5. The maximum Gasteiger partial charge on any atom is 0.269 e. The van der Waals surface area contributed by atoms with Crippen molar-refractivity contribution in [3.05, 3.63) is 63.7 Å². The van der Waals surface area contributed by atoms with Crippen molar-refractivity contribution < 1.29 is 9.35 Å². The van der Waals surface area contributed by atoms with Crippen molar-refractivity contribution in [1.82, 2.24) is 0 Å². The van der Waals surface area contributed by atoms with E-state index in [1.807, 2.05) is 12.1 Å². The number of anilines is 2. The lowest BCUT2D eigenvalue weighted by Gasteiger charge is -2.36. The Morgan fingerprint density at radius 3 is 2.41 bits per heavy atom. The van der Waals surface area contributed by atoms with Crippen molar-refractivity contribution in [2.24, 2.45) is 0 Å². The molecule has 0 fully saturated rings. The summed E-state index contributed by atoms with van der Waals surface area (Å²) < 4.78 is 6.46. The van der Waals surface area contributed by atoms with E-state index < -0.39 is 8.32 Å². The average Bonchev–Trinajstić information content (AvgIpc) is 3.04. The fourth-order valence-corrected chi connectivity index (χ4v) is 4.09. The van der Waals surface area contributed by atoms with Crippen LogP contribution in [0.25, 0.3) is 0 Å². The third-order valence-electron chi connectivity index (χ3n) is 5.84. The zero-order chi connectivity index (χ0) is 19.8. The molecule has 2 aromatic carbocycles. The van der Waals surface area contributed by atoms with Crippen LogP contribution in [-0.4, -0.2) is 19.8 Å². The maximum absolute atomic E-state index is 10.9. The van der Waals surface area contributed by atoms with Crippen LogP contribution in [0.4, 0.5) is 17.1 Å². The van der Waals surface area contributed by atoms with Gasteiger partial charge >= 0.3 is 0 Å². The number of para-hydroxylation sites is 1. The molecule has 5 nitrogen and oxygen atoms in total. The fraction of sp³-hybridized carbons (Fsp3) is 0.429. The fourth-order valence-electron chi connectivity index (χ4n) is 3.14. The summed E-state index contributed by atoms with van der Waals surface area (Å²) in [6, 6.07) is 13.2. The van der Waals surface area contributed by atoms with Gasteiger partial charge < -0.3 is 9.33 Å². The summed E-state index contributed by atoms with van der Waals surface area (Å²) in [6.45, 7) is 12.8. The smallest absolute Gasteiger partial charge is 0.269 e. The number of hydrogen-bond acceptors (Lipinski definition) is 4. The molecule has 1 aliphatic rings. The lowest BCUT2D eigenvalue weighted by atomic mass is 10.1. The molecular weight excluding hydrogens is 356 g/mol. The topological polar surface area (TPSA) is 55.6 Å². The minimum atomic E-state index is -1.84. The van der Waals surface area contributed by atoms with Crippen LogP contribution in [0, 0.1) is 10.1 Å². The van der Waals surface area contributed by atoms with E-state index in [1.165, 1.54) is 16.8 Å². The minimum absolute atomic E-state index is 0.118. The van der Waals surface area contributed by atoms with Crippen LogP contribution in [0.1, 0.15) is 31.9 Å². The molecule has 0 amide bonds. The Morgan fingerprint density at radius 2 is 1.81 bits per heavy atom. The molecule has 0 spiro atoms. The molecule has 0 aliphatic carbocycles. The number of fused-ring (bicyclic) bond motifs is 1. The van der Waals surface area contributed by atoms with Crippen LogP contribution in [0.2, 0.25) is 18.1 Å². The van der Waals surface area contributed by atoms with E-state index in [-0.39, 0.29) is 15.6 Å². The molecule has 6 heteroatoms. The highest BCUT2D eigenvalue weighted by Gasteiger charge is 2.37. The first-order valence-corrected chi connectivity index (χ1v) is 12.3. The summed E-state index contributed by atoms with van der Waals surface area (Å²) in [5.74, 6) is 0. The maximum atomic E-state index is 10.9. The molecule has 0 saturated heterocycles. The number of hydrogen-bond donors (Lipinski definition) is 0. The van der Waals surface area contributed by atoms with Crippen LogP contribution in [-0.2, 0) is 17.5 Å². The van der Waals surface area contributed by atoms with Crippen molar-refractivity contribution in [1.29, 1.82) is 0 Å². The molecule has 0 saturated carbocycles. The highest BCUT2D eigenvalue weighted by Crippen LogP contribution is 2.41. The van der Waals surface area contributed by atoms with Crippen molar-refractivity contribution in [3.8, 4) is 0 Å².